The quantitative estimate of drug-likeness (QED) is 0.823. The molecule has 2 heterocycles. The topological polar surface area (TPSA) is 69.7 Å². The van der Waals surface area contributed by atoms with Crippen LogP contribution in [0.5, 0.6) is 0 Å². The molecule has 2 aliphatic rings. The number of hydrogen-bond acceptors (Lipinski definition) is 4. The predicted octanol–water partition coefficient (Wildman–Crippen LogP) is 0.738. The summed E-state index contributed by atoms with van der Waals surface area (Å²) in [5.41, 5.74) is 0.683. The van der Waals surface area contributed by atoms with Gasteiger partial charge in [-0.15, -0.1) is 0 Å². The highest BCUT2D eigenvalue weighted by atomic mass is 19.3. The number of alkyl halides is 2. The van der Waals surface area contributed by atoms with Crippen LogP contribution >= 0.6 is 0 Å². The SMILES string of the molecule is CN(CCN1C(=O)c2ccccc2C1=O)C(=O)C1CC(F)(F)CN1. The van der Waals surface area contributed by atoms with Crippen molar-refractivity contribution in [2.45, 2.75) is 18.4 Å². The van der Waals surface area contributed by atoms with Gasteiger partial charge in [0.05, 0.1) is 23.7 Å². The zero-order valence-corrected chi connectivity index (χ0v) is 13.1. The Balaban J connectivity index is 1.59. The number of carbonyl (C=O) groups is 3. The summed E-state index contributed by atoms with van der Waals surface area (Å²) in [6.45, 7) is -0.401. The van der Waals surface area contributed by atoms with E-state index >= 15 is 0 Å². The van der Waals surface area contributed by atoms with E-state index in [-0.39, 0.29) is 13.1 Å². The zero-order valence-electron chi connectivity index (χ0n) is 13.1. The number of imide groups is 1. The minimum Gasteiger partial charge on any atom is -0.343 e. The number of fused-ring (bicyclic) bond motifs is 1. The lowest BCUT2D eigenvalue weighted by Gasteiger charge is -2.23. The molecule has 0 bridgehead atoms. The van der Waals surface area contributed by atoms with Gasteiger partial charge in [0.1, 0.15) is 0 Å². The van der Waals surface area contributed by atoms with Gasteiger partial charge in [-0.05, 0) is 12.1 Å². The number of likely N-dealkylation sites (N-methyl/N-ethyl adjacent to an activating group) is 1. The molecule has 1 unspecified atom stereocenters. The van der Waals surface area contributed by atoms with Crippen molar-refractivity contribution in [3.05, 3.63) is 35.4 Å². The summed E-state index contributed by atoms with van der Waals surface area (Å²) < 4.78 is 26.3. The predicted molar refractivity (Wildman–Crippen MR) is 80.8 cm³/mol. The van der Waals surface area contributed by atoms with Crippen LogP contribution in [0.15, 0.2) is 24.3 Å². The minimum atomic E-state index is -2.89. The standard InChI is InChI=1S/C16H17F2N3O3/c1-20(15(24)12-8-16(17,18)9-19-12)6-7-21-13(22)10-4-2-3-5-11(10)14(21)23/h2-5,12,19H,6-9H2,1H3. The minimum absolute atomic E-state index is 0.0255. The van der Waals surface area contributed by atoms with E-state index < -0.39 is 42.7 Å². The van der Waals surface area contributed by atoms with Gasteiger partial charge in [-0.1, -0.05) is 12.1 Å². The van der Waals surface area contributed by atoms with Crippen LogP contribution < -0.4 is 5.32 Å². The maximum atomic E-state index is 13.2. The third kappa shape index (κ3) is 2.89. The fourth-order valence-electron chi connectivity index (χ4n) is 2.96. The van der Waals surface area contributed by atoms with Crippen molar-refractivity contribution in [2.24, 2.45) is 0 Å². The van der Waals surface area contributed by atoms with E-state index in [2.05, 4.69) is 5.32 Å². The second-order valence-electron chi connectivity index (χ2n) is 6.06. The summed E-state index contributed by atoms with van der Waals surface area (Å²) >= 11 is 0. The van der Waals surface area contributed by atoms with Crippen molar-refractivity contribution in [1.82, 2.24) is 15.1 Å². The van der Waals surface area contributed by atoms with Crippen LogP contribution in [0.4, 0.5) is 8.78 Å². The van der Waals surface area contributed by atoms with E-state index in [1.54, 1.807) is 24.3 Å². The Morgan fingerprint density at radius 1 is 1.29 bits per heavy atom. The third-order valence-electron chi connectivity index (χ3n) is 4.32. The molecule has 2 aliphatic heterocycles. The molecule has 0 aromatic heterocycles. The number of nitrogens with zero attached hydrogens (tertiary/aromatic N) is 2. The second-order valence-corrected chi connectivity index (χ2v) is 6.06. The summed E-state index contributed by atoms with van der Waals surface area (Å²) in [6.07, 6.45) is -0.539. The van der Waals surface area contributed by atoms with E-state index in [1.165, 1.54) is 11.9 Å². The molecular weight excluding hydrogens is 320 g/mol. The van der Waals surface area contributed by atoms with E-state index in [0.29, 0.717) is 11.1 Å². The number of amides is 3. The molecule has 3 amide bonds. The van der Waals surface area contributed by atoms with Crippen molar-refractivity contribution in [3.8, 4) is 0 Å². The molecule has 1 N–H and O–H groups in total. The van der Waals surface area contributed by atoms with Gasteiger partial charge in [-0.25, -0.2) is 8.78 Å². The van der Waals surface area contributed by atoms with Crippen LogP contribution in [-0.4, -0.2) is 66.2 Å². The molecule has 0 spiro atoms. The number of carbonyl (C=O) groups excluding carboxylic acids is 3. The van der Waals surface area contributed by atoms with E-state index in [0.717, 1.165) is 4.90 Å². The monoisotopic (exact) mass is 337 g/mol. The number of halogens is 2. The maximum Gasteiger partial charge on any atom is 0.262 e. The Morgan fingerprint density at radius 3 is 2.38 bits per heavy atom. The molecule has 3 rings (SSSR count). The Hall–Kier alpha value is -2.35. The molecule has 0 radical (unpaired) electrons. The normalized spacial score (nSPS) is 22.0. The molecule has 24 heavy (non-hydrogen) atoms. The molecule has 1 aromatic rings. The lowest BCUT2D eigenvalue weighted by Crippen LogP contribution is -2.45. The van der Waals surface area contributed by atoms with Crippen molar-refractivity contribution < 1.29 is 23.2 Å². The largest absolute Gasteiger partial charge is 0.343 e. The van der Waals surface area contributed by atoms with Gasteiger partial charge in [0.2, 0.25) is 5.91 Å². The van der Waals surface area contributed by atoms with Gasteiger partial charge >= 0.3 is 0 Å². The molecule has 128 valence electrons. The van der Waals surface area contributed by atoms with E-state index in [9.17, 15) is 23.2 Å². The molecular formula is C16H17F2N3O3. The molecule has 0 saturated carbocycles. The van der Waals surface area contributed by atoms with Crippen molar-refractivity contribution >= 4 is 17.7 Å². The fraction of sp³-hybridized carbons (Fsp3) is 0.438. The molecule has 6 nitrogen and oxygen atoms in total. The number of rotatable bonds is 4. The summed E-state index contributed by atoms with van der Waals surface area (Å²) in [5, 5.41) is 2.50. The first-order valence-corrected chi connectivity index (χ1v) is 7.61. The maximum absolute atomic E-state index is 13.2. The fourth-order valence-corrected chi connectivity index (χ4v) is 2.96. The first kappa shape index (κ1) is 16.5. The van der Waals surface area contributed by atoms with Gasteiger partial charge in [0.15, 0.2) is 0 Å². The molecule has 1 aromatic carbocycles. The number of benzene rings is 1. The van der Waals surface area contributed by atoms with Crippen LogP contribution in [0.25, 0.3) is 0 Å². The highest BCUT2D eigenvalue weighted by Gasteiger charge is 2.43. The van der Waals surface area contributed by atoms with Crippen LogP contribution in [0.2, 0.25) is 0 Å². The first-order valence-electron chi connectivity index (χ1n) is 7.61. The van der Waals surface area contributed by atoms with Crippen LogP contribution in [0.3, 0.4) is 0 Å². The average molecular weight is 337 g/mol. The third-order valence-corrected chi connectivity index (χ3v) is 4.32. The van der Waals surface area contributed by atoms with Crippen molar-refractivity contribution in [3.63, 3.8) is 0 Å². The summed E-state index contributed by atoms with van der Waals surface area (Å²) in [6, 6.07) is 5.57. The van der Waals surface area contributed by atoms with Gasteiger partial charge in [0, 0.05) is 26.6 Å². The second kappa shape index (κ2) is 5.94. The van der Waals surface area contributed by atoms with Crippen molar-refractivity contribution in [1.29, 1.82) is 0 Å². The van der Waals surface area contributed by atoms with E-state index in [1.807, 2.05) is 0 Å². The van der Waals surface area contributed by atoms with Gasteiger partial charge < -0.3 is 4.90 Å². The Labute approximate surface area is 137 Å². The molecule has 1 fully saturated rings. The smallest absolute Gasteiger partial charge is 0.262 e. The Kier molecular flexibility index (Phi) is 4.08. The summed E-state index contributed by atoms with van der Waals surface area (Å²) in [5.74, 6) is -4.16. The number of hydrogen-bond donors (Lipinski definition) is 1. The highest BCUT2D eigenvalue weighted by molar-refractivity contribution is 6.21. The molecule has 1 atom stereocenters. The van der Waals surface area contributed by atoms with Gasteiger partial charge in [-0.2, -0.15) is 0 Å². The van der Waals surface area contributed by atoms with Gasteiger partial charge in [-0.3, -0.25) is 24.6 Å². The molecule has 0 aliphatic carbocycles. The first-order chi connectivity index (χ1) is 11.3. The number of nitrogens with one attached hydrogen (secondary N) is 1. The molecule has 8 heteroatoms. The Bertz CT molecular complexity index is 673. The summed E-state index contributed by atoms with van der Waals surface area (Å²) in [7, 11) is 1.47. The van der Waals surface area contributed by atoms with Crippen molar-refractivity contribution in [2.75, 3.05) is 26.7 Å². The van der Waals surface area contributed by atoms with Gasteiger partial charge in [0.25, 0.3) is 17.7 Å². The molecule has 1 saturated heterocycles. The Morgan fingerprint density at radius 2 is 1.88 bits per heavy atom. The highest BCUT2D eigenvalue weighted by Crippen LogP contribution is 2.26. The average Bonchev–Trinajstić information content (AvgIpc) is 3.03. The summed E-state index contributed by atoms with van der Waals surface area (Å²) in [4.78, 5) is 38.9. The lowest BCUT2D eigenvalue weighted by molar-refractivity contribution is -0.132. The lowest BCUT2D eigenvalue weighted by atomic mass is 10.1. The van der Waals surface area contributed by atoms with E-state index in [4.69, 9.17) is 0 Å². The van der Waals surface area contributed by atoms with Crippen LogP contribution in [0, 0.1) is 0 Å². The van der Waals surface area contributed by atoms with Crippen LogP contribution in [0.1, 0.15) is 27.1 Å². The zero-order chi connectivity index (χ0) is 17.5. The van der Waals surface area contributed by atoms with Crippen LogP contribution in [-0.2, 0) is 4.79 Å².